The van der Waals surface area contributed by atoms with Crippen LogP contribution in [0.3, 0.4) is 0 Å². The summed E-state index contributed by atoms with van der Waals surface area (Å²) in [5, 5.41) is 3.05. The van der Waals surface area contributed by atoms with Crippen molar-refractivity contribution in [2.75, 3.05) is 36.9 Å². The third kappa shape index (κ3) is 6.07. The highest BCUT2D eigenvalue weighted by atomic mass is 32.2. The van der Waals surface area contributed by atoms with Crippen molar-refractivity contribution in [3.8, 4) is 0 Å². The van der Waals surface area contributed by atoms with Gasteiger partial charge in [0, 0.05) is 46.8 Å². The van der Waals surface area contributed by atoms with Crippen molar-refractivity contribution in [1.82, 2.24) is 10.2 Å². The number of rotatable bonds is 6. The fourth-order valence-electron chi connectivity index (χ4n) is 3.62. The fourth-order valence-corrected chi connectivity index (χ4v) is 5.55. The lowest BCUT2D eigenvalue weighted by molar-refractivity contribution is -0.118. The highest BCUT2D eigenvalue weighted by Crippen LogP contribution is 2.25. The van der Waals surface area contributed by atoms with E-state index in [0.717, 1.165) is 11.4 Å². The quantitative estimate of drug-likeness (QED) is 0.735. The molecule has 0 spiro atoms. The first-order valence-electron chi connectivity index (χ1n) is 9.76. The lowest BCUT2D eigenvalue weighted by Gasteiger charge is -2.27. The Bertz CT molecular complexity index is 680. The predicted molar refractivity (Wildman–Crippen MR) is 111 cm³/mol. The number of amides is 2. The van der Waals surface area contributed by atoms with Gasteiger partial charge in [-0.25, -0.2) is 0 Å². The SMILES string of the molecule is O=C(CSc1ccccc1C(=O)N1CCS(=O)CC1)NCC1CCCCC1. The maximum absolute atomic E-state index is 12.8. The van der Waals surface area contributed by atoms with Gasteiger partial charge in [-0.3, -0.25) is 13.8 Å². The molecule has 0 bridgehead atoms. The standard InChI is InChI=1S/C20H28N2O3S2/c23-19(21-14-16-6-2-1-3-7-16)15-26-18-9-5-4-8-17(18)20(24)22-10-12-27(25)13-11-22/h4-5,8-9,16H,1-3,6-7,10-15H2,(H,21,23). The van der Waals surface area contributed by atoms with E-state index in [1.54, 1.807) is 4.90 Å². The Morgan fingerprint density at radius 3 is 2.56 bits per heavy atom. The number of nitrogens with zero attached hydrogens (tertiary/aromatic N) is 1. The molecular weight excluding hydrogens is 380 g/mol. The van der Waals surface area contributed by atoms with E-state index in [1.807, 2.05) is 24.3 Å². The normalized spacial score (nSPS) is 19.0. The van der Waals surface area contributed by atoms with Crippen LogP contribution in [-0.4, -0.2) is 57.8 Å². The number of carbonyl (C=O) groups excluding carboxylic acids is 2. The molecule has 0 aromatic heterocycles. The minimum atomic E-state index is -0.806. The van der Waals surface area contributed by atoms with Crippen LogP contribution in [0.2, 0.25) is 0 Å². The molecule has 2 fully saturated rings. The molecule has 2 aliphatic rings. The van der Waals surface area contributed by atoms with Crippen LogP contribution in [-0.2, 0) is 15.6 Å². The smallest absolute Gasteiger partial charge is 0.255 e. The Balaban J connectivity index is 1.51. The first-order valence-corrected chi connectivity index (χ1v) is 12.2. The van der Waals surface area contributed by atoms with Gasteiger partial charge >= 0.3 is 0 Å². The maximum Gasteiger partial charge on any atom is 0.255 e. The zero-order chi connectivity index (χ0) is 19.1. The number of benzene rings is 1. The topological polar surface area (TPSA) is 66.5 Å². The van der Waals surface area contributed by atoms with Gasteiger partial charge in [0.1, 0.15) is 0 Å². The summed E-state index contributed by atoms with van der Waals surface area (Å²) < 4.78 is 11.5. The van der Waals surface area contributed by atoms with Crippen LogP contribution >= 0.6 is 11.8 Å². The third-order valence-electron chi connectivity index (χ3n) is 5.25. The summed E-state index contributed by atoms with van der Waals surface area (Å²) in [5.74, 6) is 2.03. The molecule has 7 heteroatoms. The molecule has 1 saturated carbocycles. The lowest BCUT2D eigenvalue weighted by Crippen LogP contribution is -2.42. The van der Waals surface area contributed by atoms with E-state index in [0.29, 0.717) is 41.8 Å². The van der Waals surface area contributed by atoms with Gasteiger partial charge in [0.05, 0.1) is 11.3 Å². The largest absolute Gasteiger partial charge is 0.355 e. The van der Waals surface area contributed by atoms with Gasteiger partial charge in [0.15, 0.2) is 0 Å². The molecule has 0 radical (unpaired) electrons. The zero-order valence-corrected chi connectivity index (χ0v) is 17.3. The second-order valence-corrected chi connectivity index (χ2v) is 9.95. The monoisotopic (exact) mass is 408 g/mol. The molecule has 1 heterocycles. The van der Waals surface area contributed by atoms with Crippen molar-refractivity contribution in [3.05, 3.63) is 29.8 Å². The minimum absolute atomic E-state index is 0.0289. The highest BCUT2D eigenvalue weighted by molar-refractivity contribution is 8.00. The van der Waals surface area contributed by atoms with Crippen LogP contribution in [0.4, 0.5) is 0 Å². The van der Waals surface area contributed by atoms with Crippen LogP contribution in [0, 0.1) is 5.92 Å². The minimum Gasteiger partial charge on any atom is -0.355 e. The summed E-state index contributed by atoms with van der Waals surface area (Å²) in [6, 6.07) is 7.46. The molecule has 0 unspecified atom stereocenters. The van der Waals surface area contributed by atoms with Crippen molar-refractivity contribution >= 4 is 34.4 Å². The number of hydrogen-bond acceptors (Lipinski definition) is 4. The first-order chi connectivity index (χ1) is 13.1. The molecule has 27 heavy (non-hydrogen) atoms. The Morgan fingerprint density at radius 2 is 1.81 bits per heavy atom. The molecule has 1 aromatic rings. The van der Waals surface area contributed by atoms with Crippen molar-refractivity contribution < 1.29 is 13.8 Å². The summed E-state index contributed by atoms with van der Waals surface area (Å²) in [6.07, 6.45) is 6.29. The van der Waals surface area contributed by atoms with Crippen LogP contribution in [0.5, 0.6) is 0 Å². The summed E-state index contributed by atoms with van der Waals surface area (Å²) in [6.45, 7) is 1.84. The van der Waals surface area contributed by atoms with E-state index in [1.165, 1.54) is 43.9 Å². The molecule has 1 saturated heterocycles. The van der Waals surface area contributed by atoms with Gasteiger partial charge in [-0.2, -0.15) is 0 Å². The van der Waals surface area contributed by atoms with Gasteiger partial charge < -0.3 is 10.2 Å². The zero-order valence-electron chi connectivity index (χ0n) is 15.7. The highest BCUT2D eigenvalue weighted by Gasteiger charge is 2.23. The van der Waals surface area contributed by atoms with E-state index >= 15 is 0 Å². The number of nitrogens with one attached hydrogen (secondary N) is 1. The molecule has 1 N–H and O–H groups in total. The second-order valence-electron chi connectivity index (χ2n) is 7.23. The van der Waals surface area contributed by atoms with Gasteiger partial charge in [0.2, 0.25) is 5.91 Å². The number of hydrogen-bond donors (Lipinski definition) is 1. The Labute approximate surface area is 168 Å². The van der Waals surface area contributed by atoms with Crippen LogP contribution in [0.15, 0.2) is 29.2 Å². The van der Waals surface area contributed by atoms with E-state index in [9.17, 15) is 13.8 Å². The molecule has 1 aliphatic heterocycles. The fraction of sp³-hybridized carbons (Fsp3) is 0.600. The van der Waals surface area contributed by atoms with Crippen molar-refractivity contribution in [2.24, 2.45) is 5.92 Å². The third-order valence-corrected chi connectivity index (χ3v) is 7.60. The van der Waals surface area contributed by atoms with Crippen LogP contribution < -0.4 is 5.32 Å². The van der Waals surface area contributed by atoms with Crippen molar-refractivity contribution in [2.45, 2.75) is 37.0 Å². The molecule has 1 aromatic carbocycles. The first kappa shape index (κ1) is 20.4. The van der Waals surface area contributed by atoms with E-state index in [4.69, 9.17) is 0 Å². The summed E-state index contributed by atoms with van der Waals surface area (Å²) in [4.78, 5) is 27.6. The molecule has 1 aliphatic carbocycles. The van der Waals surface area contributed by atoms with E-state index < -0.39 is 10.8 Å². The number of carbonyl (C=O) groups is 2. The Kier molecular flexibility index (Phi) is 7.76. The second kappa shape index (κ2) is 10.3. The Morgan fingerprint density at radius 1 is 1.11 bits per heavy atom. The van der Waals surface area contributed by atoms with Crippen molar-refractivity contribution in [3.63, 3.8) is 0 Å². The van der Waals surface area contributed by atoms with Crippen LogP contribution in [0.1, 0.15) is 42.5 Å². The molecular formula is C20H28N2O3S2. The summed E-state index contributed by atoms with van der Waals surface area (Å²) >= 11 is 1.42. The van der Waals surface area contributed by atoms with Gasteiger partial charge in [-0.05, 0) is 30.9 Å². The molecule has 2 amide bonds. The summed E-state index contributed by atoms with van der Waals surface area (Å²) in [5.41, 5.74) is 0.635. The maximum atomic E-state index is 12.8. The summed E-state index contributed by atoms with van der Waals surface area (Å²) in [7, 11) is -0.806. The van der Waals surface area contributed by atoms with Gasteiger partial charge in [-0.1, -0.05) is 31.4 Å². The van der Waals surface area contributed by atoms with E-state index in [-0.39, 0.29) is 11.8 Å². The average Bonchev–Trinajstić information content (AvgIpc) is 2.72. The molecule has 5 nitrogen and oxygen atoms in total. The van der Waals surface area contributed by atoms with Gasteiger partial charge in [0.25, 0.3) is 5.91 Å². The molecule has 0 atom stereocenters. The Hall–Kier alpha value is -1.34. The average molecular weight is 409 g/mol. The van der Waals surface area contributed by atoms with E-state index in [2.05, 4.69) is 5.32 Å². The van der Waals surface area contributed by atoms with Gasteiger partial charge in [-0.15, -0.1) is 11.8 Å². The predicted octanol–water partition coefficient (Wildman–Crippen LogP) is 2.68. The number of thioether (sulfide) groups is 1. The van der Waals surface area contributed by atoms with Crippen molar-refractivity contribution in [1.29, 1.82) is 0 Å². The molecule has 148 valence electrons. The lowest BCUT2D eigenvalue weighted by atomic mass is 9.89. The molecule has 3 rings (SSSR count). The van der Waals surface area contributed by atoms with Crippen LogP contribution in [0.25, 0.3) is 0 Å².